The van der Waals surface area contributed by atoms with E-state index in [0.717, 1.165) is 12.0 Å². The molecule has 4 aromatic rings. The zero-order chi connectivity index (χ0) is 30.1. The molecule has 0 bridgehead atoms. The topological polar surface area (TPSA) is 144 Å². The van der Waals surface area contributed by atoms with E-state index in [1.165, 1.54) is 6.08 Å². The molecule has 2 aromatic carbocycles. The number of hydrogen-bond donors (Lipinski definition) is 3. The molecule has 222 valence electrons. The van der Waals surface area contributed by atoms with Crippen molar-refractivity contribution in [1.82, 2.24) is 14.5 Å². The number of nitrogens with zero attached hydrogens (tertiary/aromatic N) is 3. The van der Waals surface area contributed by atoms with Gasteiger partial charge in [0.05, 0.1) is 23.9 Å². The van der Waals surface area contributed by atoms with Gasteiger partial charge in [-0.2, -0.15) is 0 Å². The summed E-state index contributed by atoms with van der Waals surface area (Å²) in [7, 11) is 0. The number of aliphatic hydroxyl groups excluding tert-OH is 2. The molecular weight excluding hydrogens is 574 g/mol. The number of rotatable bonds is 9. The average molecular weight is 604 g/mol. The quantitative estimate of drug-likeness (QED) is 0.191. The van der Waals surface area contributed by atoms with Crippen LogP contribution in [0.4, 0.5) is 0 Å². The number of imidazole rings is 1. The van der Waals surface area contributed by atoms with Gasteiger partial charge >= 0.3 is 11.9 Å². The van der Waals surface area contributed by atoms with E-state index in [1.54, 1.807) is 23.2 Å². The van der Waals surface area contributed by atoms with E-state index in [1.807, 2.05) is 60.7 Å². The summed E-state index contributed by atoms with van der Waals surface area (Å²) in [5.41, 5.74) is 1.53. The minimum atomic E-state index is -1.84. The van der Waals surface area contributed by atoms with Crippen molar-refractivity contribution in [1.29, 1.82) is 0 Å². The van der Waals surface area contributed by atoms with Crippen LogP contribution in [0, 0.1) is 5.92 Å². The first-order valence-electron chi connectivity index (χ1n) is 14.0. The van der Waals surface area contributed by atoms with Gasteiger partial charge in [-0.1, -0.05) is 54.1 Å². The van der Waals surface area contributed by atoms with Crippen molar-refractivity contribution >= 4 is 40.4 Å². The van der Waals surface area contributed by atoms with E-state index in [-0.39, 0.29) is 31.3 Å². The molecule has 2 aromatic heterocycles. The summed E-state index contributed by atoms with van der Waals surface area (Å²) in [6, 6.07) is 20.2. The molecule has 2 saturated carbocycles. The Hall–Kier alpha value is -4.09. The van der Waals surface area contributed by atoms with E-state index in [4.69, 9.17) is 21.1 Å². The van der Waals surface area contributed by atoms with Gasteiger partial charge in [-0.3, -0.25) is 4.57 Å². The number of carbonyl (C=O) groups is 2. The number of benzene rings is 2. The summed E-state index contributed by atoms with van der Waals surface area (Å²) in [6.45, 7) is 0.142. The first-order chi connectivity index (χ1) is 20.7. The third-order valence-corrected chi connectivity index (χ3v) is 8.45. The molecule has 0 saturated heterocycles. The Morgan fingerprint density at radius 1 is 1.02 bits per heavy atom. The molecule has 2 aliphatic carbocycles. The SMILES string of the molecule is O=C(/C=C(\c1ccccc1)n1cnc2ncccc21)O[C@@H]1C[C@](OC[C@@H]2C[C@@H]2c2ccc(Cl)cc2)(C(=O)O)C[C@@H](O)[C@H]1O. The molecule has 0 unspecified atom stereocenters. The minimum absolute atomic E-state index is 0.0956. The molecule has 11 heteroatoms. The van der Waals surface area contributed by atoms with Gasteiger partial charge in [-0.05, 0) is 53.6 Å². The molecule has 10 nitrogen and oxygen atoms in total. The van der Waals surface area contributed by atoms with Gasteiger partial charge in [-0.15, -0.1) is 0 Å². The molecule has 3 N–H and O–H groups in total. The summed E-state index contributed by atoms with van der Waals surface area (Å²) in [5, 5.41) is 32.3. The number of halogens is 1. The standard InChI is InChI=1S/C32H30ClN3O7/c33-22-10-8-19(9-11-22)23-13-21(23)17-42-32(31(40)41)15-26(37)29(39)27(16-32)43-28(38)14-25(20-5-2-1-3-6-20)36-18-35-30-24(36)7-4-12-34-30/h1-12,14,18,21,23,26-27,29,37,39H,13,15-17H2,(H,40,41)/b25-14+/t21-,23+,26+,27+,29+,32-/m0/s1. The zero-order valence-electron chi connectivity index (χ0n) is 23.0. The molecule has 0 aliphatic heterocycles. The van der Waals surface area contributed by atoms with Crippen LogP contribution >= 0.6 is 11.6 Å². The van der Waals surface area contributed by atoms with Crippen LogP contribution in [0.2, 0.25) is 5.02 Å². The van der Waals surface area contributed by atoms with Crippen LogP contribution in [-0.4, -0.2) is 72.3 Å². The van der Waals surface area contributed by atoms with Crippen molar-refractivity contribution in [3.05, 3.63) is 101 Å². The average Bonchev–Trinajstić information content (AvgIpc) is 3.66. The molecule has 6 atom stereocenters. The van der Waals surface area contributed by atoms with Crippen molar-refractivity contribution in [3.63, 3.8) is 0 Å². The highest BCUT2D eigenvalue weighted by Crippen LogP contribution is 2.49. The Labute approximate surface area is 252 Å². The van der Waals surface area contributed by atoms with Crippen molar-refractivity contribution in [2.45, 2.75) is 49.1 Å². The lowest BCUT2D eigenvalue weighted by atomic mass is 9.79. The molecule has 43 heavy (non-hydrogen) atoms. The maximum atomic E-state index is 13.3. The van der Waals surface area contributed by atoms with Gasteiger partial charge in [0, 0.05) is 30.1 Å². The number of esters is 1. The van der Waals surface area contributed by atoms with Crippen LogP contribution in [0.3, 0.4) is 0 Å². The normalized spacial score (nSPS) is 27.1. The Balaban J connectivity index is 1.21. The van der Waals surface area contributed by atoms with E-state index >= 15 is 0 Å². The Morgan fingerprint density at radius 2 is 1.79 bits per heavy atom. The number of hydrogen-bond acceptors (Lipinski definition) is 8. The van der Waals surface area contributed by atoms with Gasteiger partial charge < -0.3 is 24.8 Å². The van der Waals surface area contributed by atoms with Crippen molar-refractivity contribution in [3.8, 4) is 0 Å². The fourth-order valence-corrected chi connectivity index (χ4v) is 5.88. The van der Waals surface area contributed by atoms with Crippen LogP contribution in [0.1, 0.15) is 36.3 Å². The largest absolute Gasteiger partial charge is 0.479 e. The number of pyridine rings is 1. The van der Waals surface area contributed by atoms with Gasteiger partial charge in [0.25, 0.3) is 0 Å². The number of fused-ring (bicyclic) bond motifs is 1. The first-order valence-corrected chi connectivity index (χ1v) is 14.4. The van der Waals surface area contributed by atoms with Gasteiger partial charge in [0.2, 0.25) is 0 Å². The Kier molecular flexibility index (Phi) is 8.02. The lowest BCUT2D eigenvalue weighted by Gasteiger charge is -2.42. The summed E-state index contributed by atoms with van der Waals surface area (Å²) in [5.74, 6) is -1.81. The van der Waals surface area contributed by atoms with Crippen molar-refractivity contribution in [2.75, 3.05) is 6.61 Å². The monoisotopic (exact) mass is 603 g/mol. The molecule has 0 spiro atoms. The van der Waals surface area contributed by atoms with Crippen LogP contribution in [0.15, 0.2) is 85.3 Å². The first kappa shape index (κ1) is 29.0. The third kappa shape index (κ3) is 6.05. The van der Waals surface area contributed by atoms with E-state index in [9.17, 15) is 24.9 Å². The number of aliphatic hydroxyl groups is 2. The molecular formula is C32H30ClN3O7. The Morgan fingerprint density at radius 3 is 2.53 bits per heavy atom. The van der Waals surface area contributed by atoms with E-state index in [0.29, 0.717) is 27.4 Å². The number of aliphatic carboxylic acids is 1. The second-order valence-electron chi connectivity index (χ2n) is 11.1. The van der Waals surface area contributed by atoms with Crippen molar-refractivity contribution in [2.24, 2.45) is 5.92 Å². The van der Waals surface area contributed by atoms with Crippen molar-refractivity contribution < 1.29 is 34.4 Å². The second kappa shape index (κ2) is 11.9. The van der Waals surface area contributed by atoms with E-state index in [2.05, 4.69) is 9.97 Å². The molecule has 2 aliphatic rings. The lowest BCUT2D eigenvalue weighted by Crippen LogP contribution is -2.58. The highest BCUT2D eigenvalue weighted by molar-refractivity contribution is 6.30. The molecule has 2 fully saturated rings. The molecule has 0 amide bonds. The predicted molar refractivity (Wildman–Crippen MR) is 157 cm³/mol. The van der Waals surface area contributed by atoms with Crippen LogP contribution in [0.25, 0.3) is 16.9 Å². The number of carboxylic acid groups (broad SMARTS) is 1. The Bertz CT molecular complexity index is 1660. The number of carbonyl (C=O) groups excluding carboxylic acids is 1. The number of carboxylic acids is 1. The predicted octanol–water partition coefficient (Wildman–Crippen LogP) is 4.05. The third-order valence-electron chi connectivity index (χ3n) is 8.20. The molecule has 2 heterocycles. The van der Waals surface area contributed by atoms with Gasteiger partial charge in [0.15, 0.2) is 11.2 Å². The van der Waals surface area contributed by atoms with E-state index < -0.39 is 35.9 Å². The minimum Gasteiger partial charge on any atom is -0.479 e. The summed E-state index contributed by atoms with van der Waals surface area (Å²) in [6.07, 6.45) is 0.285. The maximum Gasteiger partial charge on any atom is 0.336 e. The van der Waals surface area contributed by atoms with Crippen LogP contribution in [-0.2, 0) is 19.1 Å². The van der Waals surface area contributed by atoms with Gasteiger partial charge in [-0.25, -0.2) is 19.6 Å². The highest BCUT2D eigenvalue weighted by atomic mass is 35.5. The lowest BCUT2D eigenvalue weighted by molar-refractivity contribution is -0.207. The van der Waals surface area contributed by atoms with Gasteiger partial charge in [0.1, 0.15) is 18.5 Å². The summed E-state index contributed by atoms with van der Waals surface area (Å²) in [4.78, 5) is 34.4. The summed E-state index contributed by atoms with van der Waals surface area (Å²) >= 11 is 5.99. The smallest absolute Gasteiger partial charge is 0.336 e. The van der Waals surface area contributed by atoms with Crippen LogP contribution < -0.4 is 0 Å². The highest BCUT2D eigenvalue weighted by Gasteiger charge is 2.53. The number of aromatic nitrogens is 3. The fourth-order valence-electron chi connectivity index (χ4n) is 5.76. The summed E-state index contributed by atoms with van der Waals surface area (Å²) < 4.78 is 13.3. The van der Waals surface area contributed by atoms with Crippen LogP contribution in [0.5, 0.6) is 0 Å². The molecule has 6 rings (SSSR count). The number of ether oxygens (including phenoxy) is 2. The zero-order valence-corrected chi connectivity index (χ0v) is 23.7. The maximum absolute atomic E-state index is 13.3. The second-order valence-corrected chi connectivity index (χ2v) is 11.5. The molecule has 0 radical (unpaired) electrons. The fraction of sp³-hybridized carbons (Fsp3) is 0.312.